The molecule has 1 amide bonds. The van der Waals surface area contributed by atoms with E-state index in [1.54, 1.807) is 0 Å². The molecule has 2 aliphatic carbocycles. The molecule has 0 aromatic heterocycles. The zero-order valence-corrected chi connectivity index (χ0v) is 18.7. The third kappa shape index (κ3) is 6.67. The minimum Gasteiger partial charge on any atom is -0.383 e. The van der Waals surface area contributed by atoms with Crippen LogP contribution >= 0.6 is 0 Å². The number of hydrogen-bond acceptors (Lipinski definition) is 5. The van der Waals surface area contributed by atoms with Crippen molar-refractivity contribution >= 4 is 23.0 Å². The number of amides is 1. The van der Waals surface area contributed by atoms with E-state index in [4.69, 9.17) is 0 Å². The summed E-state index contributed by atoms with van der Waals surface area (Å²) in [6.07, 6.45) is -5.11. The Kier molecular flexibility index (Phi) is 8.47. The third-order valence-electron chi connectivity index (χ3n) is 5.82. The number of nitrogens with one attached hydrogen (secondary N) is 3. The van der Waals surface area contributed by atoms with E-state index in [0.717, 1.165) is 6.07 Å². The van der Waals surface area contributed by atoms with Gasteiger partial charge in [-0.1, -0.05) is 13.8 Å². The number of nitro groups is 1. The number of carbonyl (C=O) groups is 1. The standard InChI is InChI=1S/C19H23F5N4O3.C2H6/c1-25-15-7-14(26-12-8-18(20,21)9-12)13(6-16(15)28(30)31)17(29)27-11-4-2-10(3-5-11)19(22,23)24;1-2/h6-7,10-12,25-26H,2-5,8-9H2,1H3,(H,27,29);1-2H3. The first-order valence-electron chi connectivity index (χ1n) is 10.9. The van der Waals surface area contributed by atoms with Gasteiger partial charge in [-0.05, 0) is 31.7 Å². The van der Waals surface area contributed by atoms with E-state index in [2.05, 4.69) is 16.0 Å². The Hall–Kier alpha value is -2.66. The van der Waals surface area contributed by atoms with Gasteiger partial charge in [0.2, 0.25) is 0 Å². The number of rotatable bonds is 6. The summed E-state index contributed by atoms with van der Waals surface area (Å²) < 4.78 is 64.9. The highest BCUT2D eigenvalue weighted by molar-refractivity contribution is 6.02. The van der Waals surface area contributed by atoms with Gasteiger partial charge in [-0.15, -0.1) is 0 Å². The van der Waals surface area contributed by atoms with Crippen molar-refractivity contribution in [2.75, 3.05) is 17.7 Å². The van der Waals surface area contributed by atoms with Crippen molar-refractivity contribution in [2.24, 2.45) is 5.92 Å². The molecule has 0 saturated heterocycles. The van der Waals surface area contributed by atoms with Gasteiger partial charge < -0.3 is 16.0 Å². The van der Waals surface area contributed by atoms with E-state index >= 15 is 0 Å². The van der Waals surface area contributed by atoms with E-state index < -0.39 is 53.8 Å². The molecular weight excluding hydrogens is 451 g/mol. The number of benzene rings is 1. The largest absolute Gasteiger partial charge is 0.391 e. The average molecular weight is 480 g/mol. The minimum absolute atomic E-state index is 0.0980. The van der Waals surface area contributed by atoms with Crippen LogP contribution in [-0.4, -0.2) is 42.1 Å². The van der Waals surface area contributed by atoms with Crippen LogP contribution in [0.2, 0.25) is 0 Å². The summed E-state index contributed by atoms with van der Waals surface area (Å²) in [4.78, 5) is 23.5. The fourth-order valence-electron chi connectivity index (χ4n) is 4.06. The molecule has 2 aliphatic rings. The van der Waals surface area contributed by atoms with Gasteiger partial charge in [-0.2, -0.15) is 13.2 Å². The Labute approximate surface area is 188 Å². The first-order valence-corrected chi connectivity index (χ1v) is 10.9. The van der Waals surface area contributed by atoms with Crippen LogP contribution < -0.4 is 16.0 Å². The van der Waals surface area contributed by atoms with Crippen LogP contribution in [-0.2, 0) is 0 Å². The Bertz CT molecular complexity index is 847. The summed E-state index contributed by atoms with van der Waals surface area (Å²) in [6, 6.07) is 1.25. The lowest BCUT2D eigenvalue weighted by atomic mass is 9.85. The van der Waals surface area contributed by atoms with Crippen LogP contribution in [0.1, 0.15) is 62.7 Å². The van der Waals surface area contributed by atoms with Gasteiger partial charge >= 0.3 is 6.18 Å². The molecule has 1 aromatic rings. The van der Waals surface area contributed by atoms with Crippen LogP contribution in [0.3, 0.4) is 0 Å². The number of anilines is 2. The predicted molar refractivity (Wildman–Crippen MR) is 115 cm³/mol. The van der Waals surface area contributed by atoms with Gasteiger partial charge in [0.05, 0.1) is 16.4 Å². The number of halogens is 5. The molecule has 2 saturated carbocycles. The summed E-state index contributed by atoms with van der Waals surface area (Å²) in [7, 11) is 1.45. The maximum atomic E-state index is 13.2. The fraction of sp³-hybridized carbons (Fsp3) is 0.667. The molecule has 0 heterocycles. The van der Waals surface area contributed by atoms with Gasteiger partial charge in [0.1, 0.15) is 5.69 Å². The molecule has 1 aromatic carbocycles. The van der Waals surface area contributed by atoms with Crippen molar-refractivity contribution in [3.05, 3.63) is 27.8 Å². The highest BCUT2D eigenvalue weighted by atomic mass is 19.4. The monoisotopic (exact) mass is 480 g/mol. The Morgan fingerprint density at radius 2 is 1.64 bits per heavy atom. The fourth-order valence-corrected chi connectivity index (χ4v) is 4.06. The summed E-state index contributed by atoms with van der Waals surface area (Å²) in [5.74, 6) is -4.91. The number of hydrogen-bond donors (Lipinski definition) is 3. The van der Waals surface area contributed by atoms with E-state index in [1.807, 2.05) is 13.8 Å². The second-order valence-corrected chi connectivity index (χ2v) is 8.09. The van der Waals surface area contributed by atoms with E-state index in [1.165, 1.54) is 13.1 Å². The number of carbonyl (C=O) groups excluding carboxylic acids is 1. The first kappa shape index (κ1) is 26.6. The van der Waals surface area contributed by atoms with E-state index in [0.29, 0.717) is 0 Å². The van der Waals surface area contributed by atoms with Crippen LogP contribution in [0.4, 0.5) is 39.0 Å². The number of nitrogens with zero attached hydrogens (tertiary/aromatic N) is 1. The topological polar surface area (TPSA) is 96.3 Å². The van der Waals surface area contributed by atoms with Crippen molar-refractivity contribution in [3.8, 4) is 0 Å². The molecule has 0 aliphatic heterocycles. The third-order valence-corrected chi connectivity index (χ3v) is 5.82. The molecule has 3 rings (SSSR count). The lowest BCUT2D eigenvalue weighted by Gasteiger charge is -2.36. The smallest absolute Gasteiger partial charge is 0.383 e. The maximum Gasteiger partial charge on any atom is 0.391 e. The van der Waals surface area contributed by atoms with Gasteiger partial charge in [-0.25, -0.2) is 8.78 Å². The quantitative estimate of drug-likeness (QED) is 0.275. The molecule has 0 bridgehead atoms. The molecular formula is C21H29F5N4O3. The summed E-state index contributed by atoms with van der Waals surface area (Å²) in [6.45, 7) is 4.00. The van der Waals surface area contributed by atoms with Crippen molar-refractivity contribution in [1.82, 2.24) is 5.32 Å². The van der Waals surface area contributed by atoms with Crippen LogP contribution in [0.15, 0.2) is 12.1 Å². The van der Waals surface area contributed by atoms with E-state index in [9.17, 15) is 36.9 Å². The molecule has 186 valence electrons. The minimum atomic E-state index is -4.28. The highest BCUT2D eigenvalue weighted by Crippen LogP contribution is 2.41. The van der Waals surface area contributed by atoms with Crippen molar-refractivity contribution < 1.29 is 31.7 Å². The summed E-state index contributed by atoms with van der Waals surface area (Å²) >= 11 is 0. The predicted octanol–water partition coefficient (Wildman–Crippen LogP) is 5.72. The molecule has 12 heteroatoms. The number of nitro benzene ring substituents is 1. The maximum absolute atomic E-state index is 13.2. The summed E-state index contributed by atoms with van der Waals surface area (Å²) in [5.41, 5.74) is -0.241. The molecule has 0 radical (unpaired) electrons. The molecule has 2 fully saturated rings. The molecule has 0 spiro atoms. The van der Waals surface area contributed by atoms with Crippen molar-refractivity contribution in [1.29, 1.82) is 0 Å². The summed E-state index contributed by atoms with van der Waals surface area (Å²) in [5, 5.41) is 19.5. The highest BCUT2D eigenvalue weighted by Gasteiger charge is 2.46. The van der Waals surface area contributed by atoms with Gasteiger partial charge in [-0.3, -0.25) is 14.9 Å². The number of alkyl halides is 5. The van der Waals surface area contributed by atoms with E-state index in [-0.39, 0.29) is 48.3 Å². The molecule has 3 N–H and O–H groups in total. The molecule has 0 unspecified atom stereocenters. The van der Waals surface area contributed by atoms with Crippen LogP contribution in [0.25, 0.3) is 0 Å². The Morgan fingerprint density at radius 3 is 2.09 bits per heavy atom. The zero-order valence-electron chi connectivity index (χ0n) is 18.7. The Balaban J connectivity index is 0.00000187. The molecule has 7 nitrogen and oxygen atoms in total. The lowest BCUT2D eigenvalue weighted by Crippen LogP contribution is -2.45. The molecule has 33 heavy (non-hydrogen) atoms. The second-order valence-electron chi connectivity index (χ2n) is 8.09. The van der Waals surface area contributed by atoms with Gasteiger partial charge in [0.25, 0.3) is 17.5 Å². The lowest BCUT2D eigenvalue weighted by molar-refractivity contribution is -0.383. The Morgan fingerprint density at radius 1 is 1.06 bits per heavy atom. The second kappa shape index (κ2) is 10.5. The molecule has 0 atom stereocenters. The average Bonchev–Trinajstić information content (AvgIpc) is 2.73. The van der Waals surface area contributed by atoms with Crippen LogP contribution in [0.5, 0.6) is 0 Å². The van der Waals surface area contributed by atoms with Crippen molar-refractivity contribution in [2.45, 2.75) is 76.6 Å². The van der Waals surface area contributed by atoms with Gasteiger partial charge in [0, 0.05) is 43.7 Å². The SMILES string of the molecule is CC.CNc1cc(NC2CC(F)(F)C2)c(C(=O)NC2CCC(C(F)(F)F)CC2)cc1[N+](=O)[O-]. The normalized spacial score (nSPS) is 22.3. The zero-order chi connectivity index (χ0) is 25.0. The van der Waals surface area contributed by atoms with Gasteiger partial charge in [0.15, 0.2) is 0 Å². The first-order chi connectivity index (χ1) is 15.4. The van der Waals surface area contributed by atoms with Crippen LogP contribution in [0, 0.1) is 16.0 Å². The van der Waals surface area contributed by atoms with Crippen molar-refractivity contribution in [3.63, 3.8) is 0 Å².